The lowest BCUT2D eigenvalue weighted by Crippen LogP contribution is -2.34. The summed E-state index contributed by atoms with van der Waals surface area (Å²) < 4.78 is 19.1. The van der Waals surface area contributed by atoms with Gasteiger partial charge in [0.25, 0.3) is 0 Å². The number of ether oxygens (including phenoxy) is 3. The van der Waals surface area contributed by atoms with E-state index in [1.54, 1.807) is 30.5 Å². The number of carbonyl (C=O) groups is 2. The van der Waals surface area contributed by atoms with Crippen LogP contribution in [0.4, 0.5) is 4.79 Å². The van der Waals surface area contributed by atoms with E-state index in [1.807, 2.05) is 39.0 Å². The number of nitrogens with zero attached hydrogens (tertiary/aromatic N) is 1. The minimum absolute atomic E-state index is 0.0849. The van der Waals surface area contributed by atoms with Gasteiger partial charge in [0.2, 0.25) is 0 Å². The van der Waals surface area contributed by atoms with Crippen molar-refractivity contribution in [3.8, 4) is 5.75 Å². The van der Waals surface area contributed by atoms with Crippen LogP contribution in [0.15, 0.2) is 60.5 Å². The van der Waals surface area contributed by atoms with Crippen molar-refractivity contribution >= 4 is 34.4 Å². The van der Waals surface area contributed by atoms with Crippen molar-refractivity contribution in [2.24, 2.45) is 0 Å². The van der Waals surface area contributed by atoms with Crippen molar-refractivity contribution in [1.82, 2.24) is 4.57 Å². The highest BCUT2D eigenvalue weighted by Gasteiger charge is 2.38. The maximum Gasteiger partial charge on any atom is 0.419 e. The summed E-state index contributed by atoms with van der Waals surface area (Å²) in [6.45, 7) is 5.45. The molecule has 2 aliphatic rings. The van der Waals surface area contributed by atoms with Crippen LogP contribution in [0.3, 0.4) is 0 Å². The number of rotatable bonds is 1. The molecule has 2 aromatic carbocycles. The fourth-order valence-corrected chi connectivity index (χ4v) is 4.30. The van der Waals surface area contributed by atoms with E-state index in [4.69, 9.17) is 25.8 Å². The monoisotopic (exact) mass is 451 g/mol. The molecular weight excluding hydrogens is 430 g/mol. The fourth-order valence-electron chi connectivity index (χ4n) is 4.13. The second-order valence-electron chi connectivity index (χ2n) is 8.96. The second kappa shape index (κ2) is 7.41. The van der Waals surface area contributed by atoms with Crippen molar-refractivity contribution in [3.63, 3.8) is 0 Å². The van der Waals surface area contributed by atoms with Gasteiger partial charge in [-0.05, 0) is 45.0 Å². The second-order valence-corrected chi connectivity index (χ2v) is 9.40. The Kier molecular flexibility index (Phi) is 4.78. The van der Waals surface area contributed by atoms with Crippen LogP contribution in [-0.2, 0) is 9.47 Å². The lowest BCUT2D eigenvalue weighted by Gasteiger charge is -2.33. The molecule has 6 nitrogen and oxygen atoms in total. The molecule has 1 aromatic heterocycles. The van der Waals surface area contributed by atoms with Gasteiger partial charge in [0.05, 0.1) is 22.9 Å². The Labute approximate surface area is 190 Å². The van der Waals surface area contributed by atoms with Crippen molar-refractivity contribution in [1.29, 1.82) is 0 Å². The molecule has 0 spiro atoms. The molecule has 164 valence electrons. The molecule has 0 bridgehead atoms. The first-order valence-corrected chi connectivity index (χ1v) is 10.8. The zero-order chi connectivity index (χ0) is 22.6. The van der Waals surface area contributed by atoms with Crippen LogP contribution in [0.1, 0.15) is 49.2 Å². The molecule has 7 heteroatoms. The Balaban J connectivity index is 1.53. The quantitative estimate of drug-likeness (QED) is 0.449. The summed E-state index contributed by atoms with van der Waals surface area (Å²) >= 11 is 6.21. The average molecular weight is 452 g/mol. The van der Waals surface area contributed by atoms with Gasteiger partial charge < -0.3 is 14.2 Å². The highest BCUT2D eigenvalue weighted by atomic mass is 35.5. The topological polar surface area (TPSA) is 66.8 Å². The maximum absolute atomic E-state index is 12.9. The minimum atomic E-state index is -0.644. The molecule has 0 fully saturated rings. The number of benzene rings is 2. The predicted molar refractivity (Wildman–Crippen MR) is 120 cm³/mol. The first-order chi connectivity index (χ1) is 15.2. The summed E-state index contributed by atoms with van der Waals surface area (Å²) in [5.74, 6) is 0.488. The van der Waals surface area contributed by atoms with E-state index < -0.39 is 23.9 Å². The molecule has 3 heterocycles. The first-order valence-electron chi connectivity index (χ1n) is 10.4. The Morgan fingerprint density at radius 1 is 1.16 bits per heavy atom. The highest BCUT2D eigenvalue weighted by molar-refractivity contribution is 6.31. The van der Waals surface area contributed by atoms with E-state index in [1.165, 1.54) is 10.8 Å². The number of hydrogen-bond acceptors (Lipinski definition) is 5. The Bertz CT molecular complexity index is 1280. The Hall–Kier alpha value is -3.25. The smallest absolute Gasteiger partial charge is 0.419 e. The van der Waals surface area contributed by atoms with Gasteiger partial charge in [-0.2, -0.15) is 0 Å². The molecule has 32 heavy (non-hydrogen) atoms. The zero-order valence-corrected chi connectivity index (χ0v) is 18.7. The third kappa shape index (κ3) is 3.54. The van der Waals surface area contributed by atoms with Gasteiger partial charge in [-0.25, -0.2) is 4.79 Å². The summed E-state index contributed by atoms with van der Waals surface area (Å²) in [6, 6.07) is 12.6. The summed E-state index contributed by atoms with van der Waals surface area (Å²) in [7, 11) is 0. The van der Waals surface area contributed by atoms with Crippen LogP contribution in [0.2, 0.25) is 5.02 Å². The van der Waals surface area contributed by atoms with Gasteiger partial charge in [-0.3, -0.25) is 9.36 Å². The number of ketones is 1. The van der Waals surface area contributed by atoms with Crippen molar-refractivity contribution in [2.45, 2.75) is 45.0 Å². The molecule has 5 rings (SSSR count). The van der Waals surface area contributed by atoms with Crippen LogP contribution in [0.5, 0.6) is 5.75 Å². The third-order valence-corrected chi connectivity index (χ3v) is 5.77. The number of halogens is 1. The van der Waals surface area contributed by atoms with E-state index >= 15 is 0 Å². The van der Waals surface area contributed by atoms with E-state index in [0.29, 0.717) is 33.8 Å². The molecule has 0 radical (unpaired) electrons. The normalized spacial score (nSPS) is 20.0. The van der Waals surface area contributed by atoms with Gasteiger partial charge in [-0.1, -0.05) is 29.8 Å². The van der Waals surface area contributed by atoms with Crippen LogP contribution in [0.25, 0.3) is 10.9 Å². The number of Topliss-reactive ketones (excluding diaryl/α,β-unsaturated/α-hetero) is 1. The largest absolute Gasteiger partial charge is 0.493 e. The standard InChI is InChI=1S/C25H22ClNO5/c1-25(2,3)32-24(29)27-12-17(15-9-8-14(26)10-19(15)27)21-11-22-18(13-30-21)23(28)16-6-4-5-7-20(16)31-22/h4-10,12-13,21-22H,11H2,1-3H3/t21-,22+/m1/s1. The Morgan fingerprint density at radius 2 is 1.94 bits per heavy atom. The van der Waals surface area contributed by atoms with Crippen LogP contribution in [-0.4, -0.2) is 28.1 Å². The van der Waals surface area contributed by atoms with E-state index in [9.17, 15) is 9.59 Å². The lowest BCUT2D eigenvalue weighted by atomic mass is 9.89. The molecule has 0 amide bonds. The minimum Gasteiger partial charge on any atom is -0.493 e. The average Bonchev–Trinajstić information content (AvgIpc) is 3.11. The number of hydrogen-bond donors (Lipinski definition) is 0. The SMILES string of the molecule is CC(C)(C)OC(=O)n1cc([C@H]2C[C@@H]3Oc4ccccc4C(=O)C3=CO2)c2ccc(Cl)cc21. The number of fused-ring (bicyclic) bond motifs is 3. The van der Waals surface area contributed by atoms with Crippen LogP contribution >= 0.6 is 11.6 Å². The maximum atomic E-state index is 12.9. The molecule has 2 aliphatic heterocycles. The molecular formula is C25H22ClNO5. The number of aromatic nitrogens is 1. The molecule has 0 N–H and O–H groups in total. The third-order valence-electron chi connectivity index (χ3n) is 5.53. The lowest BCUT2D eigenvalue weighted by molar-refractivity contribution is 0.0531. The van der Waals surface area contributed by atoms with E-state index in [0.717, 1.165) is 10.9 Å². The summed E-state index contributed by atoms with van der Waals surface area (Å²) in [5.41, 5.74) is 1.82. The van der Waals surface area contributed by atoms with E-state index in [-0.39, 0.29) is 5.78 Å². The van der Waals surface area contributed by atoms with Gasteiger partial charge >= 0.3 is 6.09 Å². The van der Waals surface area contributed by atoms with Gasteiger partial charge in [-0.15, -0.1) is 0 Å². The summed E-state index contributed by atoms with van der Waals surface area (Å²) in [5, 5.41) is 1.33. The summed E-state index contributed by atoms with van der Waals surface area (Å²) in [4.78, 5) is 25.7. The van der Waals surface area contributed by atoms with Crippen LogP contribution < -0.4 is 4.74 Å². The molecule has 0 aliphatic carbocycles. The fraction of sp³-hybridized carbons (Fsp3) is 0.280. The molecule has 0 saturated heterocycles. The predicted octanol–water partition coefficient (Wildman–Crippen LogP) is 6.07. The van der Waals surface area contributed by atoms with Crippen LogP contribution in [0, 0.1) is 0 Å². The van der Waals surface area contributed by atoms with Crippen molar-refractivity contribution in [3.05, 3.63) is 76.6 Å². The molecule has 0 saturated carbocycles. The highest BCUT2D eigenvalue weighted by Crippen LogP contribution is 2.41. The van der Waals surface area contributed by atoms with Gasteiger partial charge in [0.1, 0.15) is 23.6 Å². The zero-order valence-electron chi connectivity index (χ0n) is 17.9. The van der Waals surface area contributed by atoms with Gasteiger partial charge in [0.15, 0.2) is 5.78 Å². The van der Waals surface area contributed by atoms with Gasteiger partial charge in [0, 0.05) is 28.6 Å². The molecule has 0 unspecified atom stereocenters. The first kappa shape index (κ1) is 20.6. The van der Waals surface area contributed by atoms with Crippen molar-refractivity contribution < 1.29 is 23.8 Å². The van der Waals surface area contributed by atoms with E-state index in [2.05, 4.69) is 0 Å². The number of carbonyl (C=O) groups excluding carboxylic acids is 2. The number of para-hydroxylation sites is 1. The summed E-state index contributed by atoms with van der Waals surface area (Å²) in [6.07, 6.45) is 2.31. The van der Waals surface area contributed by atoms with Crippen molar-refractivity contribution in [2.75, 3.05) is 0 Å². The molecule has 3 aromatic rings. The Morgan fingerprint density at radius 3 is 2.72 bits per heavy atom. The molecule has 2 atom stereocenters.